The van der Waals surface area contributed by atoms with E-state index in [0.717, 1.165) is 152 Å². The first kappa shape index (κ1) is 77.1. The summed E-state index contributed by atoms with van der Waals surface area (Å²) in [7, 11) is 0. The quantitative estimate of drug-likeness (QED) is 0.0520. The second-order valence-electron chi connectivity index (χ2n) is 29.3. The number of rotatable bonds is 21. The SMILES string of the molecule is C=C(CCC=C(C)C)[C@H]1CC=C(C)C(O)C1.CC(C)=CCCC(C)(O)C1CCC(CO)CC1.CC(C)=CCCC(C)(O)[C@H]1CC=C(C)C(O)C1.CC(C)=CCCC(C)(O)[C@H]1CC=C(CO)CC1.CC(C)=CCC[C@]1(C)[C@H]2CC(=O)[C@](C)(O)[C@@H]1C2. The van der Waals surface area contributed by atoms with Gasteiger partial charge in [0, 0.05) is 18.9 Å². The first-order valence-electron chi connectivity index (χ1n) is 32.9. The number of aliphatic hydroxyl groups excluding tert-OH is 4. The zero-order valence-corrected chi connectivity index (χ0v) is 56.7. The van der Waals surface area contributed by atoms with E-state index in [4.69, 9.17) is 10.2 Å². The summed E-state index contributed by atoms with van der Waals surface area (Å²) >= 11 is 0. The van der Waals surface area contributed by atoms with Gasteiger partial charge < -0.3 is 40.9 Å². The number of carbonyl (C=O) groups excluding carboxylic acids is 1. The van der Waals surface area contributed by atoms with Gasteiger partial charge in [0.2, 0.25) is 0 Å². The van der Waals surface area contributed by atoms with Gasteiger partial charge in [-0.2, -0.15) is 0 Å². The van der Waals surface area contributed by atoms with E-state index in [1.54, 1.807) is 6.92 Å². The summed E-state index contributed by atoms with van der Waals surface area (Å²) in [5.41, 5.74) is 8.53. The maximum atomic E-state index is 11.8. The third-order valence-electron chi connectivity index (χ3n) is 20.3. The molecule has 2 bridgehead atoms. The van der Waals surface area contributed by atoms with E-state index in [0.29, 0.717) is 49.0 Å². The summed E-state index contributed by atoms with van der Waals surface area (Å²) in [5.74, 6) is 2.60. The van der Waals surface area contributed by atoms with E-state index in [9.17, 15) is 35.4 Å². The van der Waals surface area contributed by atoms with Gasteiger partial charge in [0.05, 0.1) is 35.6 Å². The lowest BCUT2D eigenvalue weighted by molar-refractivity contribution is -0.202. The molecule has 0 aromatic heterocycles. The van der Waals surface area contributed by atoms with E-state index in [2.05, 4.69) is 131 Å². The van der Waals surface area contributed by atoms with Crippen molar-refractivity contribution in [3.05, 3.63) is 105 Å². The lowest BCUT2D eigenvalue weighted by Gasteiger charge is -2.63. The molecule has 9 nitrogen and oxygen atoms in total. The smallest absolute Gasteiger partial charge is 0.164 e. The minimum absolute atomic E-state index is 0.0541. The van der Waals surface area contributed by atoms with Crippen LogP contribution in [0.4, 0.5) is 0 Å². The molecule has 482 valence electrons. The second kappa shape index (κ2) is 36.5. The largest absolute Gasteiger partial charge is 0.396 e. The molecule has 4 saturated carbocycles. The average Bonchev–Trinajstić information content (AvgIpc) is 2.69. The Labute approximate surface area is 514 Å². The van der Waals surface area contributed by atoms with Crippen LogP contribution in [0.3, 0.4) is 0 Å². The fraction of sp³-hybridized carbons (Fsp3) is 0.747. The van der Waals surface area contributed by atoms with Gasteiger partial charge in [0.25, 0.3) is 0 Å². The molecule has 7 rings (SSSR count). The summed E-state index contributed by atoms with van der Waals surface area (Å²) in [6.07, 6.45) is 38.5. The van der Waals surface area contributed by atoms with Crippen molar-refractivity contribution in [2.45, 2.75) is 300 Å². The van der Waals surface area contributed by atoms with E-state index in [1.165, 1.54) is 33.4 Å². The third-order valence-corrected chi connectivity index (χ3v) is 20.3. The average molecular weight is 1170 g/mol. The Morgan fingerprint density at radius 3 is 1.46 bits per heavy atom. The minimum atomic E-state index is -1.07. The van der Waals surface area contributed by atoms with E-state index in [1.807, 2.05) is 34.6 Å². The monoisotopic (exact) mass is 1170 g/mol. The van der Waals surface area contributed by atoms with Gasteiger partial charge in [-0.1, -0.05) is 95.5 Å². The van der Waals surface area contributed by atoms with Crippen molar-refractivity contribution in [2.75, 3.05) is 13.2 Å². The van der Waals surface area contributed by atoms with Crippen molar-refractivity contribution in [3.8, 4) is 0 Å². The molecular weight excluding hydrogens is 1040 g/mol. The van der Waals surface area contributed by atoms with Crippen molar-refractivity contribution < 1.29 is 45.6 Å². The van der Waals surface area contributed by atoms with Crippen molar-refractivity contribution in [2.24, 2.45) is 46.8 Å². The topological polar surface area (TPSA) is 179 Å². The van der Waals surface area contributed by atoms with Crippen LogP contribution >= 0.6 is 0 Å². The number of aliphatic hydroxyl groups is 8. The molecule has 0 aromatic carbocycles. The first-order valence-corrected chi connectivity index (χ1v) is 32.9. The fourth-order valence-electron chi connectivity index (χ4n) is 13.6. The van der Waals surface area contributed by atoms with Gasteiger partial charge in [-0.15, -0.1) is 0 Å². The molecule has 0 radical (unpaired) electrons. The molecule has 9 heteroatoms. The number of Topliss-reactive ketones (excluding diaryl/α,β-unsaturated/α-hetero) is 1. The van der Waals surface area contributed by atoms with Gasteiger partial charge >= 0.3 is 0 Å². The predicted octanol–water partition coefficient (Wildman–Crippen LogP) is 16.8. The molecule has 84 heavy (non-hydrogen) atoms. The Kier molecular flexibility index (Phi) is 33.5. The third kappa shape index (κ3) is 26.4. The van der Waals surface area contributed by atoms with Crippen molar-refractivity contribution in [1.29, 1.82) is 0 Å². The number of ketones is 1. The summed E-state index contributed by atoms with van der Waals surface area (Å²) in [5, 5.41) is 79.6. The Balaban J connectivity index is 0.000000358. The highest BCUT2D eigenvalue weighted by Crippen LogP contribution is 2.63. The number of hydrogen-bond donors (Lipinski definition) is 8. The van der Waals surface area contributed by atoms with Crippen LogP contribution in [-0.4, -0.2) is 94.5 Å². The fourth-order valence-corrected chi connectivity index (χ4v) is 13.6. The van der Waals surface area contributed by atoms with Crippen LogP contribution in [0.5, 0.6) is 0 Å². The van der Waals surface area contributed by atoms with E-state index in [-0.39, 0.29) is 41.8 Å². The summed E-state index contributed by atoms with van der Waals surface area (Å²) in [4.78, 5) is 11.8. The molecule has 4 fully saturated rings. The summed E-state index contributed by atoms with van der Waals surface area (Å²) in [6.45, 7) is 39.4. The highest BCUT2D eigenvalue weighted by molar-refractivity contribution is 5.89. The number of carbonyl (C=O) groups is 1. The molecule has 7 aliphatic rings. The van der Waals surface area contributed by atoms with Crippen LogP contribution in [-0.2, 0) is 4.79 Å². The standard InChI is InChI=1S/C15H24O2.C15H26O2.C15H28O2.C15H26O2.C15H24O/c1-10(2)6-5-7-14(3)11-8-12(14)15(4,17)13(16)9-11;1-11(2)6-5-9-15(4,17)13-8-7-12(3)14(16)10-13;2*1-12(2)5-4-10-15(3,17)14-8-6-13(11-16)7-9-14;1-11(2)6-5-7-12(3)14-9-8-13(4)15(16)10-14/h6,11-12,17H,5,7-9H2,1-4H3;6-7,13-14,16-17H,5,8-10H2,1-4H3;5,13-14,16-17H,4,6-11H2,1-3H3;5-6,14,16-17H,4,7-11H2,1-3H3;6,8,14-16H,3,5,7,9-10H2,1-2,4H3/t11-,12-,14-,15-;13-,14?,15?;;2*14-,15?/m10.00/s1. The Bertz CT molecular complexity index is 2240. The molecule has 0 amide bonds. The van der Waals surface area contributed by atoms with Crippen LogP contribution in [0.25, 0.3) is 0 Å². The second-order valence-corrected chi connectivity index (χ2v) is 29.3. The summed E-state index contributed by atoms with van der Waals surface area (Å²) in [6, 6.07) is 0. The molecule has 5 unspecified atom stereocenters. The van der Waals surface area contributed by atoms with Gasteiger partial charge in [0.15, 0.2) is 5.78 Å². The van der Waals surface area contributed by atoms with Crippen molar-refractivity contribution in [1.82, 2.24) is 0 Å². The number of hydrogen-bond acceptors (Lipinski definition) is 9. The van der Waals surface area contributed by atoms with Gasteiger partial charge in [-0.25, -0.2) is 0 Å². The van der Waals surface area contributed by atoms with E-state index >= 15 is 0 Å². The van der Waals surface area contributed by atoms with Gasteiger partial charge in [-0.3, -0.25) is 4.79 Å². The Hall–Kier alpha value is -2.99. The lowest BCUT2D eigenvalue weighted by Crippen LogP contribution is -2.65. The normalized spacial score (nSPS) is 30.0. The molecule has 0 heterocycles. The van der Waals surface area contributed by atoms with Gasteiger partial charge in [-0.05, 0) is 310 Å². The van der Waals surface area contributed by atoms with Crippen LogP contribution < -0.4 is 0 Å². The maximum Gasteiger partial charge on any atom is 0.164 e. The Morgan fingerprint density at radius 1 is 0.595 bits per heavy atom. The minimum Gasteiger partial charge on any atom is -0.396 e. The number of allylic oxidation sites excluding steroid dienone is 14. The van der Waals surface area contributed by atoms with Crippen LogP contribution in [0.15, 0.2) is 105 Å². The van der Waals surface area contributed by atoms with Crippen LogP contribution in [0.1, 0.15) is 265 Å². The summed E-state index contributed by atoms with van der Waals surface area (Å²) < 4.78 is 0. The highest BCUT2D eigenvalue weighted by atomic mass is 16.3. The molecular formula is C75H128O9. The van der Waals surface area contributed by atoms with E-state index < -0.39 is 22.4 Å². The first-order chi connectivity index (χ1) is 39.0. The van der Waals surface area contributed by atoms with Crippen LogP contribution in [0.2, 0.25) is 0 Å². The van der Waals surface area contributed by atoms with Crippen molar-refractivity contribution >= 4 is 5.78 Å². The predicted molar refractivity (Wildman–Crippen MR) is 354 cm³/mol. The van der Waals surface area contributed by atoms with Gasteiger partial charge in [0.1, 0.15) is 5.60 Å². The van der Waals surface area contributed by atoms with Crippen molar-refractivity contribution in [3.63, 3.8) is 0 Å². The van der Waals surface area contributed by atoms with Crippen LogP contribution in [0, 0.1) is 46.8 Å². The molecule has 8 N–H and O–H groups in total. The molecule has 0 aromatic rings. The highest BCUT2D eigenvalue weighted by Gasteiger charge is 2.64. The molecule has 0 spiro atoms. The Morgan fingerprint density at radius 2 is 1.04 bits per heavy atom. The zero-order valence-electron chi connectivity index (χ0n) is 56.7. The number of fused-ring (bicyclic) bond motifs is 2. The molecule has 7 aliphatic carbocycles. The zero-order chi connectivity index (χ0) is 63.8. The lowest BCUT2D eigenvalue weighted by atomic mass is 9.42. The molecule has 0 aliphatic heterocycles. The molecule has 12 atom stereocenters. The maximum absolute atomic E-state index is 11.8. The molecule has 0 saturated heterocycles.